The van der Waals surface area contributed by atoms with Crippen LogP contribution in [0.1, 0.15) is 117 Å². The van der Waals surface area contributed by atoms with Crippen molar-refractivity contribution < 1.29 is 13.6 Å². The van der Waals surface area contributed by atoms with Gasteiger partial charge in [0.1, 0.15) is 0 Å². The highest BCUT2D eigenvalue weighted by molar-refractivity contribution is 8.03. The van der Waals surface area contributed by atoms with Crippen LogP contribution < -0.4 is 0 Å². The first-order valence-corrected chi connectivity index (χ1v) is 18.8. The lowest BCUT2D eigenvalue weighted by Crippen LogP contribution is -2.36. The molecule has 0 aliphatic carbocycles. The maximum Gasteiger partial charge on any atom is 0.339 e. The second kappa shape index (κ2) is 22.0. The molecule has 224 valence electrons. The van der Waals surface area contributed by atoms with Gasteiger partial charge in [0, 0.05) is 0 Å². The van der Waals surface area contributed by atoms with E-state index in [2.05, 4.69) is 20.8 Å². The molecular formula is C24H51O3PS9. The van der Waals surface area contributed by atoms with Crippen LogP contribution in [0.5, 0.6) is 0 Å². The molecule has 0 saturated heterocycles. The number of rotatable bonds is 24. The van der Waals surface area contributed by atoms with Crippen LogP contribution in [0.4, 0.5) is 0 Å². The fourth-order valence-electron chi connectivity index (χ4n) is 3.42. The Bertz CT molecular complexity index is 498. The summed E-state index contributed by atoms with van der Waals surface area (Å²) in [7, 11) is -2.09. The predicted molar refractivity (Wildman–Crippen MR) is 197 cm³/mol. The van der Waals surface area contributed by atoms with E-state index in [1.54, 1.807) is 0 Å². The van der Waals surface area contributed by atoms with Crippen LogP contribution in [-0.4, -0.2) is 28.5 Å². The minimum absolute atomic E-state index is 0.265. The highest BCUT2D eigenvalue weighted by Crippen LogP contribution is 2.58. The molecule has 0 amide bonds. The number of unbranched alkanes of at least 4 members (excludes halogenated alkanes) is 9. The summed E-state index contributed by atoms with van der Waals surface area (Å²) in [6, 6.07) is 0. The van der Waals surface area contributed by atoms with E-state index in [1.807, 2.05) is 0 Å². The summed E-state index contributed by atoms with van der Waals surface area (Å²) in [5.41, 5.74) is 0. The Balaban J connectivity index is 5.48. The molecule has 0 aromatic carbocycles. The van der Waals surface area contributed by atoms with Crippen molar-refractivity contribution in [3.05, 3.63) is 0 Å². The average Bonchev–Trinajstić information content (AvgIpc) is 2.80. The van der Waals surface area contributed by atoms with Gasteiger partial charge < -0.3 is 0 Å². The van der Waals surface area contributed by atoms with Crippen molar-refractivity contribution >= 4 is 122 Å². The van der Waals surface area contributed by atoms with Crippen molar-refractivity contribution in [1.82, 2.24) is 0 Å². The fraction of sp³-hybridized carbons (Fsp3) is 1.00. The quantitative estimate of drug-likeness (QED) is 0.0217. The van der Waals surface area contributed by atoms with E-state index < -0.39 is 21.4 Å². The third kappa shape index (κ3) is 18.7. The van der Waals surface area contributed by atoms with E-state index >= 15 is 0 Å². The van der Waals surface area contributed by atoms with Gasteiger partial charge in [-0.2, -0.15) is 37.9 Å². The Labute approximate surface area is 279 Å². The Kier molecular flexibility index (Phi) is 24.1. The zero-order chi connectivity index (χ0) is 28.5. The minimum atomic E-state index is -2.09. The van der Waals surface area contributed by atoms with Gasteiger partial charge in [0.25, 0.3) is 0 Å². The molecule has 0 saturated carbocycles. The van der Waals surface area contributed by atoms with Gasteiger partial charge in [0.05, 0.1) is 15.7 Å². The summed E-state index contributed by atoms with van der Waals surface area (Å²) in [6.45, 7) is 6.55. The summed E-state index contributed by atoms with van der Waals surface area (Å²) in [5, 5.41) is -0.796. The monoisotopic (exact) mass is 706 g/mol. The highest BCUT2D eigenvalue weighted by Gasteiger charge is 2.44. The van der Waals surface area contributed by atoms with E-state index in [0.29, 0.717) is 0 Å². The molecule has 0 bridgehead atoms. The zero-order valence-electron chi connectivity index (χ0n) is 22.5. The van der Waals surface area contributed by atoms with Crippen LogP contribution in [0.3, 0.4) is 0 Å². The van der Waals surface area contributed by atoms with Gasteiger partial charge in [-0.3, -0.25) is 13.6 Å². The van der Waals surface area contributed by atoms with Gasteiger partial charge in [-0.25, -0.2) is 0 Å². The second-order valence-electron chi connectivity index (χ2n) is 9.57. The molecule has 0 aliphatic heterocycles. The molecule has 3 atom stereocenters. The topological polar surface area (TPSA) is 27.7 Å². The van der Waals surface area contributed by atoms with E-state index in [0.717, 1.165) is 77.0 Å². The number of hydrogen-bond acceptors (Lipinski definition) is 12. The molecular weight excluding hydrogens is 656 g/mol. The summed E-state index contributed by atoms with van der Waals surface area (Å²) < 4.78 is 15.0. The first-order valence-electron chi connectivity index (χ1n) is 13.5. The lowest BCUT2D eigenvalue weighted by Gasteiger charge is -2.39. The summed E-state index contributed by atoms with van der Waals surface area (Å²) in [4.78, 5) is 0. The van der Waals surface area contributed by atoms with Gasteiger partial charge in [0.2, 0.25) is 0 Å². The second-order valence-corrected chi connectivity index (χ2v) is 17.5. The van der Waals surface area contributed by atoms with Crippen molar-refractivity contribution in [3.8, 4) is 0 Å². The van der Waals surface area contributed by atoms with E-state index in [9.17, 15) is 0 Å². The molecule has 0 aromatic heterocycles. The molecule has 0 N–H and O–H groups in total. The maximum absolute atomic E-state index is 6.22. The van der Waals surface area contributed by atoms with Gasteiger partial charge in [-0.15, -0.1) is 75.8 Å². The van der Waals surface area contributed by atoms with E-state index in [-0.39, 0.29) is 15.7 Å². The SMILES string of the molecule is CCCCCCC(S)C(S)(S)OP(OC(S)(S)C(S)CCCCCC)OC(S)(S)C(S)CCCCCC. The molecule has 0 aliphatic rings. The third-order valence-corrected chi connectivity index (χ3v) is 13.6. The summed E-state index contributed by atoms with van der Waals surface area (Å²) in [5.74, 6) is 0. The highest BCUT2D eigenvalue weighted by atomic mass is 32.2. The van der Waals surface area contributed by atoms with Crippen LogP contribution in [0.25, 0.3) is 0 Å². The lowest BCUT2D eigenvalue weighted by molar-refractivity contribution is 0.105. The first-order chi connectivity index (χ1) is 17.2. The lowest BCUT2D eigenvalue weighted by atomic mass is 10.1. The van der Waals surface area contributed by atoms with Gasteiger partial charge in [-0.1, -0.05) is 97.8 Å². The minimum Gasteiger partial charge on any atom is -0.283 e. The normalized spacial score (nSPS) is 16.5. The molecule has 37 heavy (non-hydrogen) atoms. The van der Waals surface area contributed by atoms with Gasteiger partial charge >= 0.3 is 8.60 Å². The summed E-state index contributed by atoms with van der Waals surface area (Å²) in [6.07, 6.45) is 15.8. The third-order valence-electron chi connectivity index (χ3n) is 5.92. The van der Waals surface area contributed by atoms with Crippen LogP contribution in [-0.2, 0) is 13.6 Å². The van der Waals surface area contributed by atoms with Crippen LogP contribution in [0.2, 0.25) is 0 Å². The Hall–Kier alpha value is 3.46. The van der Waals surface area contributed by atoms with Crippen molar-refractivity contribution in [1.29, 1.82) is 0 Å². The van der Waals surface area contributed by atoms with E-state index in [4.69, 9.17) is 127 Å². The molecule has 13 heteroatoms. The van der Waals surface area contributed by atoms with Crippen molar-refractivity contribution in [2.45, 2.75) is 146 Å². The number of thiol groups is 9. The number of hydrogen-bond donors (Lipinski definition) is 9. The predicted octanol–water partition coefficient (Wildman–Crippen LogP) is 10.6. The molecule has 0 spiro atoms. The van der Waals surface area contributed by atoms with Crippen molar-refractivity contribution in [2.75, 3.05) is 0 Å². The molecule has 0 heterocycles. The molecule has 0 rings (SSSR count). The summed E-state index contributed by atoms with van der Waals surface area (Å²) >= 11 is 42.4. The average molecular weight is 707 g/mol. The molecule has 0 aromatic rings. The Morgan fingerprint density at radius 2 is 0.703 bits per heavy atom. The molecule has 0 radical (unpaired) electrons. The van der Waals surface area contributed by atoms with Crippen molar-refractivity contribution in [3.63, 3.8) is 0 Å². The van der Waals surface area contributed by atoms with Crippen molar-refractivity contribution in [2.24, 2.45) is 0 Å². The zero-order valence-corrected chi connectivity index (χ0v) is 31.5. The van der Waals surface area contributed by atoms with E-state index in [1.165, 1.54) is 19.3 Å². The maximum atomic E-state index is 6.22. The standard InChI is InChI=1S/C24H51O3PS9/c1-4-7-10-13-16-19(29)22(32,33)25-28(26-23(34,35)20(30)17-14-11-8-5-2)27-24(36,37)21(31)18-15-12-9-6-3/h19-21,29-37H,4-18H2,1-3H3. The Morgan fingerprint density at radius 3 is 0.919 bits per heavy atom. The smallest absolute Gasteiger partial charge is 0.283 e. The first kappa shape index (κ1) is 40.5. The molecule has 3 nitrogen and oxygen atoms in total. The molecule has 3 unspecified atom stereocenters. The van der Waals surface area contributed by atoms with Crippen LogP contribution in [0, 0.1) is 0 Å². The van der Waals surface area contributed by atoms with Gasteiger partial charge in [0.15, 0.2) is 12.8 Å². The fourth-order valence-corrected chi connectivity index (χ4v) is 7.51. The van der Waals surface area contributed by atoms with Crippen LogP contribution >= 0.6 is 122 Å². The molecule has 0 fully saturated rings. The van der Waals surface area contributed by atoms with Gasteiger partial charge in [-0.05, 0) is 19.3 Å². The largest absolute Gasteiger partial charge is 0.339 e. The van der Waals surface area contributed by atoms with Crippen LogP contribution in [0.15, 0.2) is 0 Å². The Morgan fingerprint density at radius 1 is 0.459 bits per heavy atom.